The van der Waals surface area contributed by atoms with Crippen molar-refractivity contribution >= 4 is 17.9 Å². The van der Waals surface area contributed by atoms with Crippen LogP contribution in [0.2, 0.25) is 0 Å². The summed E-state index contributed by atoms with van der Waals surface area (Å²) >= 11 is 0. The fraction of sp³-hybridized carbons (Fsp3) is 0.675. The number of carbonyl (C=O) groups is 3. The lowest BCUT2D eigenvalue weighted by Gasteiger charge is -2.18. The molecule has 0 saturated carbocycles. The summed E-state index contributed by atoms with van der Waals surface area (Å²) in [6, 6.07) is 0. The Kier molecular flexibility index (Phi) is 66.3. The first-order chi connectivity index (χ1) is 41.0. The SMILES string of the molecule is CC/C=C\C/C=C\C/C=C\C/C=C\C/C=C\C/C=C\C/C=C\CCCCCCCCCCCC(=O)OCC(COC(=O)CCCCCCCCCCCCCCC)OC(=O)CCCCCCCCCC/C=C\C/C=C\C/C=C\C/C=C\CC. The Morgan fingerprint density at radius 3 is 0.735 bits per heavy atom. The van der Waals surface area contributed by atoms with Gasteiger partial charge in [-0.05, 0) is 116 Å². The zero-order chi connectivity index (χ0) is 59.9. The molecule has 0 spiro atoms. The van der Waals surface area contributed by atoms with Crippen LogP contribution in [0.4, 0.5) is 0 Å². The Morgan fingerprint density at radius 2 is 0.470 bits per heavy atom. The van der Waals surface area contributed by atoms with Crippen LogP contribution in [0.25, 0.3) is 0 Å². The lowest BCUT2D eigenvalue weighted by atomic mass is 10.0. The summed E-state index contributed by atoms with van der Waals surface area (Å²) in [6.07, 6.45) is 98.9. The standard InChI is InChI=1S/C77H128O6/c1-4-7-10-13-16-19-22-25-27-29-31-33-34-35-36-37-38-39-40-41-42-44-45-47-49-52-55-58-61-64-67-70-76(79)82-73-74(72-81-75(78)69-66-63-60-57-54-51-24-21-18-15-12-9-6-3)83-77(80)71-68-65-62-59-56-53-50-48-46-43-32-30-28-26-23-20-17-14-11-8-5-2/h7-8,10-11,16-17,19-20,25-28,31-33,35-36,38-39,41-43,74H,4-6,9,12-15,18,21-24,29-30,34,37,40,44-73H2,1-3H3/b10-7-,11-8-,19-16-,20-17-,27-25-,28-26-,33-31-,36-35-,39-38-,42-41-,43-32-. The van der Waals surface area contributed by atoms with Crippen LogP contribution in [0.3, 0.4) is 0 Å². The van der Waals surface area contributed by atoms with Crippen LogP contribution >= 0.6 is 0 Å². The minimum absolute atomic E-state index is 0.0830. The number of hydrogen-bond donors (Lipinski definition) is 0. The molecule has 0 bridgehead atoms. The summed E-state index contributed by atoms with van der Waals surface area (Å²) < 4.78 is 17.0. The molecule has 1 atom stereocenters. The quantitative estimate of drug-likeness (QED) is 0.0261. The highest BCUT2D eigenvalue weighted by molar-refractivity contribution is 5.71. The highest BCUT2D eigenvalue weighted by atomic mass is 16.6. The summed E-state index contributed by atoms with van der Waals surface area (Å²) in [5, 5.41) is 0. The van der Waals surface area contributed by atoms with E-state index in [9.17, 15) is 14.4 Å². The topological polar surface area (TPSA) is 78.9 Å². The highest BCUT2D eigenvalue weighted by Gasteiger charge is 2.19. The molecule has 0 radical (unpaired) electrons. The smallest absolute Gasteiger partial charge is 0.306 e. The third kappa shape index (κ3) is 68.2. The maximum absolute atomic E-state index is 12.9. The molecule has 0 amide bonds. The average molecular weight is 1150 g/mol. The molecular formula is C77H128O6. The molecule has 0 aromatic rings. The molecule has 0 rings (SSSR count). The van der Waals surface area contributed by atoms with Crippen molar-refractivity contribution in [1.82, 2.24) is 0 Å². The van der Waals surface area contributed by atoms with Crippen LogP contribution in [-0.2, 0) is 28.6 Å². The third-order valence-corrected chi connectivity index (χ3v) is 14.7. The molecule has 0 saturated heterocycles. The summed E-state index contributed by atoms with van der Waals surface area (Å²) in [4.78, 5) is 38.4. The van der Waals surface area contributed by atoms with E-state index in [-0.39, 0.29) is 31.1 Å². The van der Waals surface area contributed by atoms with E-state index in [2.05, 4.69) is 154 Å². The predicted octanol–water partition coefficient (Wildman–Crippen LogP) is 24.1. The van der Waals surface area contributed by atoms with Gasteiger partial charge in [0.1, 0.15) is 13.2 Å². The summed E-state index contributed by atoms with van der Waals surface area (Å²) in [7, 11) is 0. The molecule has 6 heteroatoms. The van der Waals surface area contributed by atoms with Gasteiger partial charge in [-0.1, -0.05) is 315 Å². The van der Waals surface area contributed by atoms with E-state index in [0.29, 0.717) is 19.3 Å². The molecule has 0 aliphatic heterocycles. The first-order valence-electron chi connectivity index (χ1n) is 34.7. The summed E-state index contributed by atoms with van der Waals surface area (Å²) in [6.45, 7) is 6.43. The van der Waals surface area contributed by atoms with Crippen molar-refractivity contribution in [2.75, 3.05) is 13.2 Å². The normalized spacial score (nSPS) is 13.0. The van der Waals surface area contributed by atoms with Crippen LogP contribution in [0.1, 0.15) is 316 Å². The lowest BCUT2D eigenvalue weighted by Crippen LogP contribution is -2.30. The van der Waals surface area contributed by atoms with Gasteiger partial charge in [-0.3, -0.25) is 14.4 Å². The van der Waals surface area contributed by atoms with Gasteiger partial charge in [0.15, 0.2) is 6.10 Å². The van der Waals surface area contributed by atoms with Gasteiger partial charge in [-0.2, -0.15) is 0 Å². The number of allylic oxidation sites excluding steroid dienone is 22. The molecule has 0 N–H and O–H groups in total. The second-order valence-electron chi connectivity index (χ2n) is 22.7. The Bertz CT molecular complexity index is 1750. The molecule has 0 aromatic heterocycles. The zero-order valence-electron chi connectivity index (χ0n) is 54.2. The van der Waals surface area contributed by atoms with Gasteiger partial charge in [0, 0.05) is 19.3 Å². The number of esters is 3. The van der Waals surface area contributed by atoms with Crippen molar-refractivity contribution in [1.29, 1.82) is 0 Å². The van der Waals surface area contributed by atoms with Gasteiger partial charge >= 0.3 is 17.9 Å². The fourth-order valence-electron chi connectivity index (χ4n) is 9.53. The number of ether oxygens (including phenoxy) is 3. The maximum Gasteiger partial charge on any atom is 0.306 e. The molecule has 1 unspecified atom stereocenters. The number of rotatable bonds is 62. The van der Waals surface area contributed by atoms with E-state index < -0.39 is 6.10 Å². The minimum atomic E-state index is -0.789. The zero-order valence-corrected chi connectivity index (χ0v) is 54.2. The molecule has 0 fully saturated rings. The predicted molar refractivity (Wildman–Crippen MR) is 362 cm³/mol. The monoisotopic (exact) mass is 1150 g/mol. The lowest BCUT2D eigenvalue weighted by molar-refractivity contribution is -0.167. The maximum atomic E-state index is 12.9. The summed E-state index contributed by atoms with van der Waals surface area (Å²) in [5.41, 5.74) is 0. The average Bonchev–Trinajstić information content (AvgIpc) is 3.49. The Labute approximate surface area is 513 Å². The van der Waals surface area contributed by atoms with Gasteiger partial charge in [0.2, 0.25) is 0 Å². The van der Waals surface area contributed by atoms with Crippen LogP contribution in [0, 0.1) is 0 Å². The molecule has 6 nitrogen and oxygen atoms in total. The van der Waals surface area contributed by atoms with Gasteiger partial charge in [0.25, 0.3) is 0 Å². The van der Waals surface area contributed by atoms with Crippen LogP contribution in [-0.4, -0.2) is 37.2 Å². The largest absolute Gasteiger partial charge is 0.462 e. The third-order valence-electron chi connectivity index (χ3n) is 14.7. The van der Waals surface area contributed by atoms with Gasteiger partial charge in [-0.15, -0.1) is 0 Å². The first kappa shape index (κ1) is 78.5. The molecule has 0 heterocycles. The number of carbonyl (C=O) groups excluding carboxylic acids is 3. The van der Waals surface area contributed by atoms with Crippen molar-refractivity contribution < 1.29 is 28.6 Å². The first-order valence-corrected chi connectivity index (χ1v) is 34.7. The van der Waals surface area contributed by atoms with Crippen molar-refractivity contribution in [2.45, 2.75) is 322 Å². The van der Waals surface area contributed by atoms with Crippen molar-refractivity contribution in [3.8, 4) is 0 Å². The van der Waals surface area contributed by atoms with Gasteiger partial charge in [0.05, 0.1) is 0 Å². The van der Waals surface area contributed by atoms with E-state index in [1.54, 1.807) is 0 Å². The fourth-order valence-corrected chi connectivity index (χ4v) is 9.53. The molecule has 0 aliphatic rings. The van der Waals surface area contributed by atoms with Crippen molar-refractivity contribution in [3.05, 3.63) is 134 Å². The molecule has 0 aromatic carbocycles. The second-order valence-corrected chi connectivity index (χ2v) is 22.7. The molecule has 472 valence electrons. The van der Waals surface area contributed by atoms with E-state index in [0.717, 1.165) is 141 Å². The van der Waals surface area contributed by atoms with Crippen LogP contribution in [0.5, 0.6) is 0 Å². The van der Waals surface area contributed by atoms with Crippen LogP contribution < -0.4 is 0 Å². The van der Waals surface area contributed by atoms with Crippen molar-refractivity contribution in [3.63, 3.8) is 0 Å². The molecular weight excluding hydrogens is 1020 g/mol. The van der Waals surface area contributed by atoms with Gasteiger partial charge < -0.3 is 14.2 Å². The summed E-state index contributed by atoms with van der Waals surface area (Å²) in [5.74, 6) is -0.889. The van der Waals surface area contributed by atoms with E-state index in [1.807, 2.05) is 0 Å². The van der Waals surface area contributed by atoms with E-state index >= 15 is 0 Å². The second kappa shape index (κ2) is 70.0. The minimum Gasteiger partial charge on any atom is -0.462 e. The number of hydrogen-bond acceptors (Lipinski definition) is 6. The van der Waals surface area contributed by atoms with Crippen LogP contribution in [0.15, 0.2) is 134 Å². The molecule has 0 aliphatic carbocycles. The number of unbranched alkanes of at least 4 members (excludes halogenated alkanes) is 29. The Hall–Kier alpha value is -4.45. The Morgan fingerprint density at radius 1 is 0.253 bits per heavy atom. The Balaban J connectivity index is 4.32. The van der Waals surface area contributed by atoms with E-state index in [1.165, 1.54) is 135 Å². The highest BCUT2D eigenvalue weighted by Crippen LogP contribution is 2.16. The molecule has 83 heavy (non-hydrogen) atoms. The van der Waals surface area contributed by atoms with Gasteiger partial charge in [-0.25, -0.2) is 0 Å². The van der Waals surface area contributed by atoms with E-state index in [4.69, 9.17) is 14.2 Å². The van der Waals surface area contributed by atoms with Crippen molar-refractivity contribution in [2.24, 2.45) is 0 Å².